The average molecular weight is 467 g/mol. The van der Waals surface area contributed by atoms with Crippen molar-refractivity contribution in [1.82, 2.24) is 24.8 Å². The third kappa shape index (κ3) is 5.71. The molecule has 4 rings (SSSR count). The Kier molecular flexibility index (Phi) is 8.08. The second kappa shape index (κ2) is 11.4. The Balaban J connectivity index is 1.49. The zero-order chi connectivity index (χ0) is 23.9. The van der Waals surface area contributed by atoms with Gasteiger partial charge in [-0.2, -0.15) is 4.98 Å². The van der Waals surface area contributed by atoms with Crippen LogP contribution >= 0.6 is 0 Å². The number of nitrogens with zero attached hydrogens (tertiary/aromatic N) is 5. The quantitative estimate of drug-likeness (QED) is 0.458. The first-order valence-electron chi connectivity index (χ1n) is 12.0. The molecule has 1 fully saturated rings. The van der Waals surface area contributed by atoms with E-state index in [9.17, 15) is 4.79 Å². The topological polar surface area (TPSA) is 94.4 Å². The van der Waals surface area contributed by atoms with Crippen LogP contribution in [0.1, 0.15) is 44.7 Å². The van der Waals surface area contributed by atoms with Gasteiger partial charge >= 0.3 is 0 Å². The first-order chi connectivity index (χ1) is 16.6. The standard InChI is InChI=1S/C25H34N6O3/c1-18(2)31-17-27-23-22(28-25(29-24(23)31)30-11-14-33-15-12-30)20-9-7-19(8-10-20)16-34-13-5-4-6-21(32)26-3/h7-10,17-18H,4-6,11-16H2,1-3H3,(H,26,32). The number of aromatic nitrogens is 4. The van der Waals surface area contributed by atoms with Crippen LogP contribution in [0.3, 0.4) is 0 Å². The van der Waals surface area contributed by atoms with Crippen molar-refractivity contribution in [3.8, 4) is 11.3 Å². The molecule has 0 aliphatic carbocycles. The van der Waals surface area contributed by atoms with E-state index in [0.29, 0.717) is 32.8 Å². The SMILES string of the molecule is CNC(=O)CCCCOCc1ccc(-c2nc(N3CCOCC3)nc3c2ncn3C(C)C)cc1. The van der Waals surface area contributed by atoms with Gasteiger partial charge in [0, 0.05) is 44.8 Å². The number of imidazole rings is 1. The molecule has 9 heteroatoms. The number of ether oxygens (including phenoxy) is 2. The van der Waals surface area contributed by atoms with Crippen LogP contribution < -0.4 is 10.2 Å². The largest absolute Gasteiger partial charge is 0.378 e. The number of unbranched alkanes of at least 4 members (excludes halogenated alkanes) is 1. The molecule has 0 atom stereocenters. The van der Waals surface area contributed by atoms with Crippen molar-refractivity contribution in [2.75, 3.05) is 44.9 Å². The minimum absolute atomic E-state index is 0.0735. The third-order valence-electron chi connectivity index (χ3n) is 5.98. The number of hydrogen-bond donors (Lipinski definition) is 1. The van der Waals surface area contributed by atoms with Crippen LogP contribution in [0.15, 0.2) is 30.6 Å². The molecule has 1 N–H and O–H groups in total. The van der Waals surface area contributed by atoms with Crippen molar-refractivity contribution >= 4 is 23.0 Å². The minimum Gasteiger partial charge on any atom is -0.378 e. The molecule has 0 bridgehead atoms. The summed E-state index contributed by atoms with van der Waals surface area (Å²) in [6, 6.07) is 8.54. The van der Waals surface area contributed by atoms with Gasteiger partial charge in [0.1, 0.15) is 11.2 Å². The van der Waals surface area contributed by atoms with Gasteiger partial charge in [0.25, 0.3) is 0 Å². The van der Waals surface area contributed by atoms with Gasteiger partial charge < -0.3 is 24.3 Å². The maximum atomic E-state index is 11.3. The molecule has 1 saturated heterocycles. The van der Waals surface area contributed by atoms with E-state index in [1.165, 1.54) is 0 Å². The Morgan fingerprint density at radius 1 is 1.15 bits per heavy atom. The number of nitrogens with one attached hydrogen (secondary N) is 1. The second-order valence-electron chi connectivity index (χ2n) is 8.77. The predicted octanol–water partition coefficient (Wildman–Crippen LogP) is 3.34. The fraction of sp³-hybridized carbons (Fsp3) is 0.520. The third-order valence-corrected chi connectivity index (χ3v) is 5.98. The van der Waals surface area contributed by atoms with Crippen molar-refractivity contribution in [3.05, 3.63) is 36.2 Å². The van der Waals surface area contributed by atoms with Crippen molar-refractivity contribution in [3.63, 3.8) is 0 Å². The molecule has 1 aliphatic heterocycles. The molecular formula is C25H34N6O3. The number of morpholine rings is 1. The monoisotopic (exact) mass is 466 g/mol. The lowest BCUT2D eigenvalue weighted by Crippen LogP contribution is -2.37. The maximum Gasteiger partial charge on any atom is 0.228 e. The lowest BCUT2D eigenvalue weighted by molar-refractivity contribution is -0.120. The Bertz CT molecular complexity index is 1090. The van der Waals surface area contributed by atoms with Crippen LogP contribution in [0, 0.1) is 0 Å². The summed E-state index contributed by atoms with van der Waals surface area (Å²) in [5, 5.41) is 2.64. The molecule has 9 nitrogen and oxygen atoms in total. The molecule has 0 unspecified atom stereocenters. The van der Waals surface area contributed by atoms with Gasteiger partial charge in [0.05, 0.1) is 26.1 Å². The van der Waals surface area contributed by atoms with E-state index >= 15 is 0 Å². The average Bonchev–Trinajstić information content (AvgIpc) is 3.31. The zero-order valence-corrected chi connectivity index (χ0v) is 20.3. The number of rotatable bonds is 10. The molecular weight excluding hydrogens is 432 g/mol. The van der Waals surface area contributed by atoms with Gasteiger partial charge in [-0.25, -0.2) is 9.97 Å². The fourth-order valence-corrected chi connectivity index (χ4v) is 3.95. The molecule has 1 amide bonds. The summed E-state index contributed by atoms with van der Waals surface area (Å²) < 4.78 is 13.4. The van der Waals surface area contributed by atoms with E-state index in [4.69, 9.17) is 19.4 Å². The lowest BCUT2D eigenvalue weighted by atomic mass is 10.1. The second-order valence-corrected chi connectivity index (χ2v) is 8.77. The van der Waals surface area contributed by atoms with Gasteiger partial charge in [0.2, 0.25) is 11.9 Å². The van der Waals surface area contributed by atoms with Crippen LogP contribution in [0.2, 0.25) is 0 Å². The van der Waals surface area contributed by atoms with E-state index < -0.39 is 0 Å². The van der Waals surface area contributed by atoms with Gasteiger partial charge in [-0.05, 0) is 32.3 Å². The van der Waals surface area contributed by atoms with Crippen LogP contribution in [0.25, 0.3) is 22.4 Å². The normalized spacial score (nSPS) is 14.2. The number of hydrogen-bond acceptors (Lipinski definition) is 7. The molecule has 0 spiro atoms. The Labute approximate surface area is 200 Å². The zero-order valence-electron chi connectivity index (χ0n) is 20.3. The molecule has 1 aromatic carbocycles. The molecule has 182 valence electrons. The molecule has 0 saturated carbocycles. The number of amides is 1. The molecule has 2 aromatic heterocycles. The van der Waals surface area contributed by atoms with Crippen molar-refractivity contribution in [1.29, 1.82) is 0 Å². The van der Waals surface area contributed by atoms with Crippen molar-refractivity contribution < 1.29 is 14.3 Å². The Morgan fingerprint density at radius 2 is 1.91 bits per heavy atom. The highest BCUT2D eigenvalue weighted by atomic mass is 16.5. The molecule has 0 radical (unpaired) electrons. The number of carbonyl (C=O) groups excluding carboxylic acids is 1. The van der Waals surface area contributed by atoms with Crippen LogP contribution in [0.4, 0.5) is 5.95 Å². The number of fused-ring (bicyclic) bond motifs is 1. The predicted molar refractivity (Wildman–Crippen MR) is 132 cm³/mol. The summed E-state index contributed by atoms with van der Waals surface area (Å²) in [4.78, 5) is 27.9. The van der Waals surface area contributed by atoms with Crippen LogP contribution in [0.5, 0.6) is 0 Å². The maximum absolute atomic E-state index is 11.3. The highest BCUT2D eigenvalue weighted by Gasteiger charge is 2.20. The summed E-state index contributed by atoms with van der Waals surface area (Å²) in [6.45, 7) is 8.36. The lowest BCUT2D eigenvalue weighted by Gasteiger charge is -2.27. The van der Waals surface area contributed by atoms with Crippen LogP contribution in [-0.4, -0.2) is 65.4 Å². The van der Waals surface area contributed by atoms with E-state index in [0.717, 1.165) is 59.9 Å². The summed E-state index contributed by atoms with van der Waals surface area (Å²) in [6.07, 6.45) is 4.09. The first kappa shape index (κ1) is 24.1. The first-order valence-corrected chi connectivity index (χ1v) is 12.0. The highest BCUT2D eigenvalue weighted by molar-refractivity contribution is 5.88. The Morgan fingerprint density at radius 3 is 2.62 bits per heavy atom. The fourth-order valence-electron chi connectivity index (χ4n) is 3.95. The van der Waals surface area contributed by atoms with Crippen LogP contribution in [-0.2, 0) is 20.9 Å². The summed E-state index contributed by atoms with van der Waals surface area (Å²) in [7, 11) is 1.66. The summed E-state index contributed by atoms with van der Waals surface area (Å²) >= 11 is 0. The number of anilines is 1. The molecule has 3 heterocycles. The molecule has 1 aliphatic rings. The van der Waals surface area contributed by atoms with Gasteiger partial charge in [0.15, 0.2) is 5.65 Å². The van der Waals surface area contributed by atoms with Crippen molar-refractivity contribution in [2.24, 2.45) is 0 Å². The van der Waals surface area contributed by atoms with E-state index in [2.05, 4.69) is 57.9 Å². The molecule has 3 aromatic rings. The van der Waals surface area contributed by atoms with Crippen molar-refractivity contribution in [2.45, 2.75) is 45.8 Å². The Hall–Kier alpha value is -3.04. The summed E-state index contributed by atoms with van der Waals surface area (Å²) in [5.41, 5.74) is 4.61. The summed E-state index contributed by atoms with van der Waals surface area (Å²) in [5.74, 6) is 0.793. The van der Waals surface area contributed by atoms with E-state index in [1.54, 1.807) is 7.05 Å². The number of benzene rings is 1. The molecule has 34 heavy (non-hydrogen) atoms. The smallest absolute Gasteiger partial charge is 0.228 e. The van der Waals surface area contributed by atoms with Gasteiger partial charge in [-0.3, -0.25) is 4.79 Å². The van der Waals surface area contributed by atoms with Gasteiger partial charge in [-0.1, -0.05) is 24.3 Å². The van der Waals surface area contributed by atoms with Gasteiger partial charge in [-0.15, -0.1) is 0 Å². The van der Waals surface area contributed by atoms with E-state index in [-0.39, 0.29) is 11.9 Å². The minimum atomic E-state index is 0.0735. The van der Waals surface area contributed by atoms with E-state index in [1.807, 2.05) is 6.33 Å². The highest BCUT2D eigenvalue weighted by Crippen LogP contribution is 2.29. The number of carbonyl (C=O) groups is 1.